The molecule has 216 valence electrons. The summed E-state index contributed by atoms with van der Waals surface area (Å²) in [5, 5.41) is 3.71. The zero-order chi connectivity index (χ0) is 29.4. The van der Waals surface area contributed by atoms with Gasteiger partial charge in [0.05, 0.1) is 28.6 Å². The molecule has 0 aliphatic heterocycles. The van der Waals surface area contributed by atoms with Gasteiger partial charge in [0.1, 0.15) is 11.8 Å². The molecule has 0 heterocycles. The van der Waals surface area contributed by atoms with Gasteiger partial charge in [-0.05, 0) is 82.5 Å². The molecule has 0 radical (unpaired) electrons. The van der Waals surface area contributed by atoms with Gasteiger partial charge in [0.15, 0.2) is 0 Å². The maximum atomic E-state index is 13.6. The number of nitrogens with zero attached hydrogens (tertiary/aromatic N) is 2. The smallest absolute Gasteiger partial charge is 0.243 e. The van der Waals surface area contributed by atoms with Crippen LogP contribution < -0.4 is 14.4 Å². The molecule has 2 amide bonds. The van der Waals surface area contributed by atoms with Crippen LogP contribution in [0.15, 0.2) is 42.5 Å². The lowest BCUT2D eigenvalue weighted by Gasteiger charge is -2.33. The van der Waals surface area contributed by atoms with Gasteiger partial charge in [-0.15, -0.1) is 0 Å². The first-order valence-electron chi connectivity index (χ1n) is 12.9. The highest BCUT2D eigenvalue weighted by atomic mass is 35.5. The number of carbonyl (C=O) groups is 2. The first-order valence-corrected chi connectivity index (χ1v) is 15.5. The number of anilines is 1. The Bertz CT molecular complexity index is 1230. The molecule has 0 aliphatic carbocycles. The second kappa shape index (κ2) is 14.2. The first kappa shape index (κ1) is 32.7. The van der Waals surface area contributed by atoms with Gasteiger partial charge in [0, 0.05) is 25.0 Å². The summed E-state index contributed by atoms with van der Waals surface area (Å²) in [5.74, 6) is 0.115. The fourth-order valence-electron chi connectivity index (χ4n) is 4.09. The highest BCUT2D eigenvalue weighted by Crippen LogP contribution is 2.25. The van der Waals surface area contributed by atoms with Crippen LogP contribution in [0.3, 0.4) is 0 Å². The summed E-state index contributed by atoms with van der Waals surface area (Å²) in [6, 6.07) is 11.1. The molecule has 11 heteroatoms. The summed E-state index contributed by atoms with van der Waals surface area (Å²) in [7, 11) is -3.60. The molecular formula is C28H39Cl2N3O5S. The van der Waals surface area contributed by atoms with Crippen molar-refractivity contribution in [3.8, 4) is 5.75 Å². The van der Waals surface area contributed by atoms with Gasteiger partial charge in [-0.25, -0.2) is 8.42 Å². The maximum absolute atomic E-state index is 13.6. The van der Waals surface area contributed by atoms with Gasteiger partial charge in [0.25, 0.3) is 0 Å². The van der Waals surface area contributed by atoms with Crippen molar-refractivity contribution in [1.82, 2.24) is 10.2 Å². The van der Waals surface area contributed by atoms with Crippen LogP contribution in [0.2, 0.25) is 10.0 Å². The minimum absolute atomic E-state index is 0.0453. The van der Waals surface area contributed by atoms with Crippen molar-refractivity contribution in [3.63, 3.8) is 0 Å². The number of hydrogen-bond donors (Lipinski definition) is 1. The SMILES string of the molecule is CCOc1ccc(N(CCCC(=O)N(Cc2ccc(Cl)c(Cl)c2)[C@H](CC)C(=O)NC(C)(C)C)S(C)(=O)=O)cc1. The third kappa shape index (κ3) is 10.2. The number of rotatable bonds is 13. The molecule has 0 unspecified atom stereocenters. The van der Waals surface area contributed by atoms with E-state index >= 15 is 0 Å². The van der Waals surface area contributed by atoms with Crippen LogP contribution >= 0.6 is 23.2 Å². The Morgan fingerprint density at radius 3 is 2.18 bits per heavy atom. The van der Waals surface area contributed by atoms with Crippen LogP contribution in [0, 0.1) is 0 Å². The molecule has 0 spiro atoms. The standard InChI is InChI=1S/C28H39Cl2N3O5S/c1-7-25(27(35)31-28(3,4)5)32(19-20-11-16-23(29)24(30)18-20)26(34)10-9-17-33(39(6,36)37)21-12-14-22(15-13-21)38-8-2/h11-16,18,25H,7-10,17,19H2,1-6H3,(H,31,35)/t25-/m1/s1. The Morgan fingerprint density at radius 2 is 1.67 bits per heavy atom. The molecule has 2 rings (SSSR count). The molecule has 2 aromatic rings. The highest BCUT2D eigenvalue weighted by Gasteiger charge is 2.31. The second-order valence-electron chi connectivity index (χ2n) is 10.3. The number of sulfonamides is 1. The van der Waals surface area contributed by atoms with Crippen LogP contribution in [-0.4, -0.2) is 56.1 Å². The topological polar surface area (TPSA) is 96.0 Å². The van der Waals surface area contributed by atoms with Gasteiger partial charge >= 0.3 is 0 Å². The lowest BCUT2D eigenvalue weighted by molar-refractivity contribution is -0.142. The largest absolute Gasteiger partial charge is 0.494 e. The molecule has 39 heavy (non-hydrogen) atoms. The predicted octanol–water partition coefficient (Wildman–Crippen LogP) is 5.66. The lowest BCUT2D eigenvalue weighted by atomic mass is 10.0. The number of nitrogens with one attached hydrogen (secondary N) is 1. The monoisotopic (exact) mass is 599 g/mol. The summed E-state index contributed by atoms with van der Waals surface area (Å²) in [6.45, 7) is 10.1. The molecule has 0 saturated heterocycles. The van der Waals surface area contributed by atoms with Crippen molar-refractivity contribution < 1.29 is 22.7 Å². The highest BCUT2D eigenvalue weighted by molar-refractivity contribution is 7.92. The normalized spacial score (nSPS) is 12.5. The van der Waals surface area contributed by atoms with Crippen molar-refractivity contribution in [2.75, 3.05) is 23.7 Å². The van der Waals surface area contributed by atoms with E-state index in [2.05, 4.69) is 5.32 Å². The molecule has 2 aromatic carbocycles. The van der Waals surface area contributed by atoms with E-state index in [1.807, 2.05) is 34.6 Å². The van der Waals surface area contributed by atoms with E-state index < -0.39 is 21.6 Å². The molecule has 0 aliphatic rings. The number of ether oxygens (including phenoxy) is 1. The molecular weight excluding hydrogens is 561 g/mol. The molecule has 0 bridgehead atoms. The number of benzene rings is 2. The van der Waals surface area contributed by atoms with Gasteiger partial charge in [-0.1, -0.05) is 36.2 Å². The van der Waals surface area contributed by atoms with E-state index in [0.29, 0.717) is 34.5 Å². The van der Waals surface area contributed by atoms with E-state index in [0.717, 1.165) is 11.8 Å². The van der Waals surface area contributed by atoms with E-state index in [1.165, 1.54) is 9.21 Å². The molecule has 0 fully saturated rings. The Hall–Kier alpha value is -2.49. The quantitative estimate of drug-likeness (QED) is 0.320. The minimum atomic E-state index is -3.60. The van der Waals surface area contributed by atoms with Crippen LogP contribution in [0.1, 0.15) is 59.4 Å². The molecule has 0 aromatic heterocycles. The summed E-state index contributed by atoms with van der Waals surface area (Å²) in [4.78, 5) is 28.3. The van der Waals surface area contributed by atoms with Crippen molar-refractivity contribution in [2.24, 2.45) is 0 Å². The number of amides is 2. The fraction of sp³-hybridized carbons (Fsp3) is 0.500. The Balaban J connectivity index is 2.25. The third-order valence-corrected chi connectivity index (χ3v) is 7.74. The predicted molar refractivity (Wildman–Crippen MR) is 158 cm³/mol. The lowest BCUT2D eigenvalue weighted by Crippen LogP contribution is -2.53. The molecule has 0 saturated carbocycles. The van der Waals surface area contributed by atoms with Crippen LogP contribution in [0.5, 0.6) is 5.75 Å². The van der Waals surface area contributed by atoms with Gasteiger partial charge in [-0.2, -0.15) is 0 Å². The zero-order valence-electron chi connectivity index (χ0n) is 23.5. The minimum Gasteiger partial charge on any atom is -0.494 e. The average Bonchev–Trinajstić information content (AvgIpc) is 2.83. The van der Waals surface area contributed by atoms with E-state index in [-0.39, 0.29) is 37.7 Å². The number of halogens is 2. The molecule has 1 atom stereocenters. The summed E-state index contributed by atoms with van der Waals surface area (Å²) in [6.07, 6.45) is 1.83. The fourth-order valence-corrected chi connectivity index (χ4v) is 5.37. The van der Waals surface area contributed by atoms with Crippen molar-refractivity contribution in [3.05, 3.63) is 58.1 Å². The van der Waals surface area contributed by atoms with Crippen LogP contribution in [0.25, 0.3) is 0 Å². The summed E-state index contributed by atoms with van der Waals surface area (Å²) < 4.78 is 31.8. The van der Waals surface area contributed by atoms with Gasteiger partial charge < -0.3 is 15.0 Å². The Labute approximate surface area is 242 Å². The van der Waals surface area contributed by atoms with Crippen molar-refractivity contribution >= 4 is 50.7 Å². The van der Waals surface area contributed by atoms with Gasteiger partial charge in [0.2, 0.25) is 21.8 Å². The zero-order valence-corrected chi connectivity index (χ0v) is 25.8. The van der Waals surface area contributed by atoms with Gasteiger partial charge in [-0.3, -0.25) is 13.9 Å². The summed E-state index contributed by atoms with van der Waals surface area (Å²) in [5.41, 5.74) is 0.736. The van der Waals surface area contributed by atoms with Crippen molar-refractivity contribution in [2.45, 2.75) is 72.0 Å². The number of carbonyl (C=O) groups excluding carboxylic acids is 2. The van der Waals surface area contributed by atoms with Crippen LogP contribution in [0.4, 0.5) is 5.69 Å². The molecule has 8 nitrogen and oxygen atoms in total. The van der Waals surface area contributed by atoms with Crippen molar-refractivity contribution in [1.29, 1.82) is 0 Å². The number of hydrogen-bond acceptors (Lipinski definition) is 5. The van der Waals surface area contributed by atoms with E-state index in [1.54, 1.807) is 42.5 Å². The maximum Gasteiger partial charge on any atom is 0.243 e. The summed E-state index contributed by atoms with van der Waals surface area (Å²) >= 11 is 12.3. The second-order valence-corrected chi connectivity index (χ2v) is 13.0. The van der Waals surface area contributed by atoms with E-state index in [4.69, 9.17) is 27.9 Å². The first-order chi connectivity index (χ1) is 18.2. The Morgan fingerprint density at radius 1 is 1.03 bits per heavy atom. The molecule has 1 N–H and O–H groups in total. The average molecular weight is 601 g/mol. The Kier molecular flexibility index (Phi) is 11.9. The van der Waals surface area contributed by atoms with Crippen LogP contribution in [-0.2, 0) is 26.2 Å². The van der Waals surface area contributed by atoms with E-state index in [9.17, 15) is 18.0 Å². The third-order valence-electron chi connectivity index (χ3n) is 5.81.